The van der Waals surface area contributed by atoms with Crippen LogP contribution >= 0.6 is 23.4 Å². The average molecular weight is 334 g/mol. The molecule has 0 atom stereocenters. The summed E-state index contributed by atoms with van der Waals surface area (Å²) in [7, 11) is 0. The Morgan fingerprint density at radius 3 is 2.95 bits per heavy atom. The molecule has 0 spiro atoms. The Hall–Kier alpha value is -1.65. The molecule has 3 rings (SSSR count). The first-order valence-corrected chi connectivity index (χ1v) is 8.42. The Balaban J connectivity index is 1.69. The number of hydrogen-bond acceptors (Lipinski definition) is 3. The highest BCUT2D eigenvalue weighted by Gasteiger charge is 2.22. The largest absolute Gasteiger partial charge is 0.484 e. The summed E-state index contributed by atoms with van der Waals surface area (Å²) in [6.45, 7) is 2.65. The van der Waals surface area contributed by atoms with Gasteiger partial charge in [0.2, 0.25) is 0 Å². The van der Waals surface area contributed by atoms with E-state index in [9.17, 15) is 4.79 Å². The van der Waals surface area contributed by atoms with Crippen LogP contribution in [0.3, 0.4) is 0 Å². The van der Waals surface area contributed by atoms with E-state index in [1.54, 1.807) is 28.8 Å². The third-order valence-corrected chi connectivity index (χ3v) is 4.99. The molecule has 1 aliphatic heterocycles. The molecule has 1 aliphatic rings. The van der Waals surface area contributed by atoms with Crippen LogP contribution in [0.25, 0.3) is 0 Å². The number of para-hydroxylation sites is 1. The summed E-state index contributed by atoms with van der Waals surface area (Å²) in [4.78, 5) is 15.4. The first-order chi connectivity index (χ1) is 10.6. The van der Waals surface area contributed by atoms with Crippen LogP contribution in [0, 0.1) is 6.92 Å². The van der Waals surface area contributed by atoms with Gasteiger partial charge in [-0.25, -0.2) is 0 Å². The Morgan fingerprint density at radius 1 is 1.32 bits per heavy atom. The maximum absolute atomic E-state index is 12.5. The smallest absolute Gasteiger partial charge is 0.264 e. The van der Waals surface area contributed by atoms with Crippen LogP contribution < -0.4 is 9.64 Å². The number of carbonyl (C=O) groups is 1. The number of halogens is 1. The van der Waals surface area contributed by atoms with E-state index in [1.165, 1.54) is 0 Å². The van der Waals surface area contributed by atoms with E-state index in [2.05, 4.69) is 0 Å². The molecular formula is C17H16ClNO2S. The Labute approximate surface area is 139 Å². The molecule has 0 unspecified atom stereocenters. The highest BCUT2D eigenvalue weighted by Crippen LogP contribution is 2.34. The molecule has 1 heterocycles. The molecule has 0 N–H and O–H groups in total. The number of benzene rings is 2. The number of thioether (sulfide) groups is 1. The zero-order valence-electron chi connectivity index (χ0n) is 12.2. The lowest BCUT2D eigenvalue weighted by molar-refractivity contribution is -0.120. The standard InChI is InChI=1S/C17H16ClNO2S/c1-12-10-13(6-7-14(12)18)21-11-17(20)19-8-9-22-16-5-3-2-4-15(16)19/h2-7,10H,8-9,11H2,1H3. The fraction of sp³-hybridized carbons (Fsp3) is 0.235. The number of rotatable bonds is 3. The SMILES string of the molecule is Cc1cc(OCC(=O)N2CCSc3ccccc32)ccc1Cl. The quantitative estimate of drug-likeness (QED) is 0.844. The van der Waals surface area contributed by atoms with Gasteiger partial charge in [0.25, 0.3) is 5.91 Å². The predicted octanol–water partition coefficient (Wildman–Crippen LogP) is 4.17. The van der Waals surface area contributed by atoms with Gasteiger partial charge in [-0.05, 0) is 42.8 Å². The number of carbonyl (C=O) groups excluding carboxylic acids is 1. The summed E-state index contributed by atoms with van der Waals surface area (Å²) in [5, 5.41) is 0.695. The van der Waals surface area contributed by atoms with Crippen molar-refractivity contribution in [2.24, 2.45) is 0 Å². The highest BCUT2D eigenvalue weighted by atomic mass is 35.5. The average Bonchev–Trinajstić information content (AvgIpc) is 2.55. The number of amides is 1. The van der Waals surface area contributed by atoms with E-state index in [0.29, 0.717) is 17.3 Å². The number of nitrogens with zero attached hydrogens (tertiary/aromatic N) is 1. The van der Waals surface area contributed by atoms with Crippen LogP contribution in [0.5, 0.6) is 5.75 Å². The van der Waals surface area contributed by atoms with Crippen molar-refractivity contribution in [3.8, 4) is 5.75 Å². The van der Waals surface area contributed by atoms with Crippen molar-refractivity contribution >= 4 is 35.0 Å². The van der Waals surface area contributed by atoms with Gasteiger partial charge in [-0.1, -0.05) is 23.7 Å². The van der Waals surface area contributed by atoms with Crippen LogP contribution in [0.1, 0.15) is 5.56 Å². The molecule has 1 amide bonds. The number of aryl methyl sites for hydroxylation is 1. The fourth-order valence-electron chi connectivity index (χ4n) is 2.36. The van der Waals surface area contributed by atoms with Gasteiger partial charge in [0.05, 0.1) is 5.69 Å². The summed E-state index contributed by atoms with van der Waals surface area (Å²) < 4.78 is 5.62. The molecule has 3 nitrogen and oxygen atoms in total. The van der Waals surface area contributed by atoms with Gasteiger partial charge in [0.15, 0.2) is 6.61 Å². The summed E-state index contributed by atoms with van der Waals surface area (Å²) in [6.07, 6.45) is 0. The van der Waals surface area contributed by atoms with E-state index in [1.807, 2.05) is 37.3 Å². The van der Waals surface area contributed by atoms with Crippen molar-refractivity contribution in [1.82, 2.24) is 0 Å². The van der Waals surface area contributed by atoms with Crippen LogP contribution in [0.2, 0.25) is 5.02 Å². The lowest BCUT2D eigenvalue weighted by Gasteiger charge is -2.28. The molecule has 0 radical (unpaired) electrons. The zero-order chi connectivity index (χ0) is 15.5. The van der Waals surface area contributed by atoms with Crippen molar-refractivity contribution in [2.75, 3.05) is 23.8 Å². The van der Waals surface area contributed by atoms with Crippen LogP contribution in [0.15, 0.2) is 47.4 Å². The molecule has 0 saturated carbocycles. The Bertz CT molecular complexity index is 705. The third kappa shape index (κ3) is 3.23. The molecule has 2 aromatic rings. The molecule has 114 valence electrons. The van der Waals surface area contributed by atoms with E-state index in [-0.39, 0.29) is 12.5 Å². The van der Waals surface area contributed by atoms with Crippen molar-refractivity contribution in [1.29, 1.82) is 0 Å². The van der Waals surface area contributed by atoms with Crippen molar-refractivity contribution < 1.29 is 9.53 Å². The summed E-state index contributed by atoms with van der Waals surface area (Å²) >= 11 is 7.77. The maximum Gasteiger partial charge on any atom is 0.264 e. The van der Waals surface area contributed by atoms with E-state index < -0.39 is 0 Å². The second-order valence-electron chi connectivity index (χ2n) is 5.06. The molecule has 0 bridgehead atoms. The van der Waals surface area contributed by atoms with Gasteiger partial charge in [0.1, 0.15) is 5.75 Å². The summed E-state index contributed by atoms with van der Waals surface area (Å²) in [6, 6.07) is 13.4. The predicted molar refractivity (Wildman–Crippen MR) is 91.2 cm³/mol. The Morgan fingerprint density at radius 2 is 2.14 bits per heavy atom. The molecular weight excluding hydrogens is 318 g/mol. The Kier molecular flexibility index (Phi) is 4.60. The molecule has 2 aromatic carbocycles. The number of hydrogen-bond donors (Lipinski definition) is 0. The molecule has 22 heavy (non-hydrogen) atoms. The molecule has 0 aromatic heterocycles. The monoisotopic (exact) mass is 333 g/mol. The highest BCUT2D eigenvalue weighted by molar-refractivity contribution is 7.99. The second kappa shape index (κ2) is 6.63. The fourth-order valence-corrected chi connectivity index (χ4v) is 3.47. The second-order valence-corrected chi connectivity index (χ2v) is 6.61. The maximum atomic E-state index is 12.5. The van der Waals surface area contributed by atoms with Crippen molar-refractivity contribution in [2.45, 2.75) is 11.8 Å². The van der Waals surface area contributed by atoms with Gasteiger partial charge in [0, 0.05) is 22.2 Å². The van der Waals surface area contributed by atoms with E-state index >= 15 is 0 Å². The van der Waals surface area contributed by atoms with Crippen molar-refractivity contribution in [3.63, 3.8) is 0 Å². The van der Waals surface area contributed by atoms with Gasteiger partial charge in [-0.15, -0.1) is 11.8 Å². The lowest BCUT2D eigenvalue weighted by Crippen LogP contribution is -2.38. The minimum atomic E-state index is -0.0275. The molecule has 0 aliphatic carbocycles. The van der Waals surface area contributed by atoms with E-state index in [0.717, 1.165) is 21.9 Å². The lowest BCUT2D eigenvalue weighted by atomic mass is 10.2. The minimum absolute atomic E-state index is 0.0275. The first-order valence-electron chi connectivity index (χ1n) is 7.06. The molecule has 0 saturated heterocycles. The summed E-state index contributed by atoms with van der Waals surface area (Å²) in [5.41, 5.74) is 1.91. The summed E-state index contributed by atoms with van der Waals surface area (Å²) in [5.74, 6) is 1.54. The van der Waals surface area contributed by atoms with Crippen molar-refractivity contribution in [3.05, 3.63) is 53.1 Å². The van der Waals surface area contributed by atoms with Gasteiger partial charge < -0.3 is 9.64 Å². The first kappa shape index (κ1) is 15.3. The molecule has 0 fully saturated rings. The van der Waals surface area contributed by atoms with E-state index in [4.69, 9.17) is 16.3 Å². The zero-order valence-corrected chi connectivity index (χ0v) is 13.8. The number of ether oxygens (including phenoxy) is 1. The number of anilines is 1. The van der Waals surface area contributed by atoms with Crippen LogP contribution in [0.4, 0.5) is 5.69 Å². The van der Waals surface area contributed by atoms with Crippen LogP contribution in [-0.4, -0.2) is 24.8 Å². The third-order valence-electron chi connectivity index (χ3n) is 3.52. The van der Waals surface area contributed by atoms with Gasteiger partial charge in [-0.3, -0.25) is 4.79 Å². The normalized spacial score (nSPS) is 13.6. The van der Waals surface area contributed by atoms with Crippen LogP contribution in [-0.2, 0) is 4.79 Å². The van der Waals surface area contributed by atoms with Gasteiger partial charge in [-0.2, -0.15) is 0 Å². The molecule has 5 heteroatoms. The topological polar surface area (TPSA) is 29.5 Å². The van der Waals surface area contributed by atoms with Gasteiger partial charge >= 0.3 is 0 Å². The minimum Gasteiger partial charge on any atom is -0.484 e. The number of fused-ring (bicyclic) bond motifs is 1.